The first-order valence-electron chi connectivity index (χ1n) is 6.36. The lowest BCUT2D eigenvalue weighted by molar-refractivity contribution is -0.141. The summed E-state index contributed by atoms with van der Waals surface area (Å²) < 4.78 is 60.2. The summed E-state index contributed by atoms with van der Waals surface area (Å²) in [6.45, 7) is -0.989. The first kappa shape index (κ1) is 17.2. The molecule has 0 radical (unpaired) electrons. The minimum atomic E-state index is -4.40. The number of carbonyl (C=O) groups is 1. The van der Waals surface area contributed by atoms with E-state index in [0.29, 0.717) is 32.2 Å². The zero-order chi connectivity index (χ0) is 15.4. The summed E-state index contributed by atoms with van der Waals surface area (Å²) in [6.07, 6.45) is -1.09. The van der Waals surface area contributed by atoms with Gasteiger partial charge in [0.2, 0.25) is 15.9 Å². The van der Waals surface area contributed by atoms with Gasteiger partial charge in [-0.2, -0.15) is 13.2 Å². The first-order chi connectivity index (χ1) is 9.07. The van der Waals surface area contributed by atoms with E-state index in [0.717, 1.165) is 6.26 Å². The SMILES string of the molecule is CS(=O)(=O)NCC1CCC(C(=O)NCC(F)(F)F)CC1. The van der Waals surface area contributed by atoms with Crippen LogP contribution < -0.4 is 10.0 Å². The van der Waals surface area contributed by atoms with E-state index in [-0.39, 0.29) is 5.92 Å². The Morgan fingerprint density at radius 3 is 2.20 bits per heavy atom. The van der Waals surface area contributed by atoms with Crippen molar-refractivity contribution in [1.29, 1.82) is 0 Å². The van der Waals surface area contributed by atoms with E-state index in [4.69, 9.17) is 0 Å². The molecule has 0 aliphatic heterocycles. The van der Waals surface area contributed by atoms with Gasteiger partial charge in [-0.3, -0.25) is 4.79 Å². The average Bonchev–Trinajstić information content (AvgIpc) is 2.32. The van der Waals surface area contributed by atoms with Gasteiger partial charge in [-0.1, -0.05) is 0 Å². The molecule has 1 saturated carbocycles. The molecule has 0 bridgehead atoms. The normalized spacial score (nSPS) is 24.4. The lowest BCUT2D eigenvalue weighted by Crippen LogP contribution is -2.39. The van der Waals surface area contributed by atoms with Crippen LogP contribution in [0.25, 0.3) is 0 Å². The van der Waals surface area contributed by atoms with Gasteiger partial charge in [0, 0.05) is 12.5 Å². The Hall–Kier alpha value is -0.830. The molecule has 118 valence electrons. The van der Waals surface area contributed by atoms with Crippen LogP contribution >= 0.6 is 0 Å². The maximum atomic E-state index is 12.0. The molecule has 0 heterocycles. The molecule has 0 atom stereocenters. The predicted molar refractivity (Wildman–Crippen MR) is 67.4 cm³/mol. The van der Waals surface area contributed by atoms with Gasteiger partial charge in [0.15, 0.2) is 0 Å². The molecule has 1 aliphatic carbocycles. The summed E-state index contributed by atoms with van der Waals surface area (Å²) in [5, 5.41) is 1.89. The monoisotopic (exact) mass is 316 g/mol. The van der Waals surface area contributed by atoms with Crippen LogP contribution in [0.5, 0.6) is 0 Å². The van der Waals surface area contributed by atoms with Gasteiger partial charge in [0.1, 0.15) is 6.54 Å². The number of amides is 1. The molecule has 1 fully saturated rings. The van der Waals surface area contributed by atoms with Crippen molar-refractivity contribution in [2.24, 2.45) is 11.8 Å². The molecule has 1 rings (SSSR count). The Morgan fingerprint density at radius 1 is 1.20 bits per heavy atom. The highest BCUT2D eigenvalue weighted by atomic mass is 32.2. The van der Waals surface area contributed by atoms with E-state index in [1.165, 1.54) is 0 Å². The van der Waals surface area contributed by atoms with Crippen LogP contribution in [0.1, 0.15) is 25.7 Å². The zero-order valence-electron chi connectivity index (χ0n) is 11.2. The molecular formula is C11H19F3N2O3S. The zero-order valence-corrected chi connectivity index (χ0v) is 12.0. The van der Waals surface area contributed by atoms with Gasteiger partial charge in [0.05, 0.1) is 6.26 Å². The maximum absolute atomic E-state index is 12.0. The van der Waals surface area contributed by atoms with Crippen LogP contribution in [0.4, 0.5) is 13.2 Å². The maximum Gasteiger partial charge on any atom is 0.405 e. The highest BCUT2D eigenvalue weighted by Crippen LogP contribution is 2.28. The molecule has 1 aliphatic rings. The average molecular weight is 316 g/mol. The van der Waals surface area contributed by atoms with E-state index in [1.54, 1.807) is 0 Å². The number of hydrogen-bond donors (Lipinski definition) is 2. The Balaban J connectivity index is 2.29. The van der Waals surface area contributed by atoms with Crippen molar-refractivity contribution in [3.05, 3.63) is 0 Å². The third kappa shape index (κ3) is 7.09. The lowest BCUT2D eigenvalue weighted by Gasteiger charge is -2.27. The quantitative estimate of drug-likeness (QED) is 0.795. The number of nitrogens with one attached hydrogen (secondary N) is 2. The van der Waals surface area contributed by atoms with Crippen molar-refractivity contribution < 1.29 is 26.4 Å². The van der Waals surface area contributed by atoms with Crippen molar-refractivity contribution in [3.63, 3.8) is 0 Å². The predicted octanol–water partition coefficient (Wildman–Crippen LogP) is 1.02. The lowest BCUT2D eigenvalue weighted by atomic mass is 9.81. The smallest absolute Gasteiger partial charge is 0.347 e. The van der Waals surface area contributed by atoms with Crippen molar-refractivity contribution in [2.75, 3.05) is 19.3 Å². The number of halogens is 3. The third-order valence-corrected chi connectivity index (χ3v) is 4.01. The summed E-state index contributed by atoms with van der Waals surface area (Å²) in [5.74, 6) is -0.847. The molecule has 20 heavy (non-hydrogen) atoms. The van der Waals surface area contributed by atoms with Crippen molar-refractivity contribution in [2.45, 2.75) is 31.9 Å². The topological polar surface area (TPSA) is 75.3 Å². The Kier molecular flexibility index (Phi) is 5.81. The Morgan fingerprint density at radius 2 is 1.75 bits per heavy atom. The number of rotatable bonds is 5. The fourth-order valence-corrected chi connectivity index (χ4v) is 2.77. The second-order valence-corrected chi connectivity index (χ2v) is 7.00. The molecule has 5 nitrogen and oxygen atoms in total. The highest BCUT2D eigenvalue weighted by molar-refractivity contribution is 7.88. The summed E-state index contributed by atoms with van der Waals surface area (Å²) in [5.41, 5.74) is 0. The molecule has 2 N–H and O–H groups in total. The van der Waals surface area contributed by atoms with Crippen LogP contribution in [0.3, 0.4) is 0 Å². The van der Waals surface area contributed by atoms with E-state index >= 15 is 0 Å². The second kappa shape index (κ2) is 6.75. The minimum Gasteiger partial charge on any atom is -0.347 e. The van der Waals surface area contributed by atoms with Gasteiger partial charge >= 0.3 is 6.18 Å². The molecule has 0 aromatic rings. The van der Waals surface area contributed by atoms with Gasteiger partial charge in [-0.25, -0.2) is 13.1 Å². The van der Waals surface area contributed by atoms with Crippen LogP contribution in [-0.4, -0.2) is 39.8 Å². The number of alkyl halides is 3. The number of carbonyl (C=O) groups excluding carboxylic acids is 1. The van der Waals surface area contributed by atoms with Gasteiger partial charge in [0.25, 0.3) is 0 Å². The second-order valence-electron chi connectivity index (χ2n) is 5.17. The minimum absolute atomic E-state index is 0.136. The fourth-order valence-electron chi connectivity index (χ4n) is 2.23. The molecule has 1 amide bonds. The van der Waals surface area contributed by atoms with Gasteiger partial charge in [-0.05, 0) is 31.6 Å². The molecule has 0 spiro atoms. The van der Waals surface area contributed by atoms with Gasteiger partial charge < -0.3 is 5.32 Å². The van der Waals surface area contributed by atoms with Crippen molar-refractivity contribution in [1.82, 2.24) is 10.0 Å². The highest BCUT2D eigenvalue weighted by Gasteiger charge is 2.31. The summed E-state index contributed by atoms with van der Waals surface area (Å²) in [7, 11) is -3.23. The van der Waals surface area contributed by atoms with Crippen LogP contribution in [0, 0.1) is 11.8 Å². The fraction of sp³-hybridized carbons (Fsp3) is 0.909. The van der Waals surface area contributed by atoms with E-state index < -0.39 is 34.6 Å². The van der Waals surface area contributed by atoms with Crippen molar-refractivity contribution in [3.8, 4) is 0 Å². The molecule has 0 unspecified atom stereocenters. The standard InChI is InChI=1S/C11H19F3N2O3S/c1-20(18,19)16-6-8-2-4-9(5-3-8)10(17)15-7-11(12,13)14/h8-9,16H,2-7H2,1H3,(H,15,17). The van der Waals surface area contributed by atoms with Crippen LogP contribution in [0.2, 0.25) is 0 Å². The van der Waals surface area contributed by atoms with Crippen molar-refractivity contribution >= 4 is 15.9 Å². The van der Waals surface area contributed by atoms with E-state index in [1.807, 2.05) is 5.32 Å². The molecule has 0 aromatic carbocycles. The van der Waals surface area contributed by atoms with E-state index in [2.05, 4.69) is 4.72 Å². The molecule has 0 aromatic heterocycles. The molecule has 9 heteroatoms. The largest absolute Gasteiger partial charge is 0.405 e. The molecule has 0 saturated heterocycles. The Labute approximate surface area is 116 Å². The van der Waals surface area contributed by atoms with Gasteiger partial charge in [-0.15, -0.1) is 0 Å². The summed E-state index contributed by atoms with van der Waals surface area (Å²) >= 11 is 0. The number of sulfonamides is 1. The summed E-state index contributed by atoms with van der Waals surface area (Å²) in [4.78, 5) is 11.5. The van der Waals surface area contributed by atoms with Crippen LogP contribution in [-0.2, 0) is 14.8 Å². The van der Waals surface area contributed by atoms with E-state index in [9.17, 15) is 26.4 Å². The molecular weight excluding hydrogens is 297 g/mol. The third-order valence-electron chi connectivity index (χ3n) is 3.31. The first-order valence-corrected chi connectivity index (χ1v) is 8.25. The number of hydrogen-bond acceptors (Lipinski definition) is 3. The van der Waals surface area contributed by atoms with Crippen LogP contribution in [0.15, 0.2) is 0 Å². The summed E-state index contributed by atoms with van der Waals surface area (Å²) in [6, 6.07) is 0. The Bertz CT molecular complexity index is 429.